The molecule has 0 fully saturated rings. The molecule has 0 aliphatic heterocycles. The number of aromatic carboxylic acids is 1. The number of nitrogens with zero attached hydrogens (tertiary/aromatic N) is 2. The van der Waals surface area contributed by atoms with Crippen molar-refractivity contribution in [3.63, 3.8) is 0 Å². The van der Waals surface area contributed by atoms with Crippen LogP contribution in [0.3, 0.4) is 0 Å². The number of alkyl halides is 3. The predicted octanol–water partition coefficient (Wildman–Crippen LogP) is 3.41. The lowest BCUT2D eigenvalue weighted by atomic mass is 10.0. The third kappa shape index (κ3) is 3.47. The first-order chi connectivity index (χ1) is 10.3. The van der Waals surface area contributed by atoms with E-state index in [4.69, 9.17) is 5.11 Å². The first kappa shape index (κ1) is 16.1. The molecule has 0 aliphatic carbocycles. The molecule has 118 valence electrons. The summed E-state index contributed by atoms with van der Waals surface area (Å²) in [7, 11) is 0. The summed E-state index contributed by atoms with van der Waals surface area (Å²) < 4.78 is 39.1. The maximum atomic E-state index is 12.5. The Morgan fingerprint density at radius 1 is 1.23 bits per heavy atom. The van der Waals surface area contributed by atoms with Crippen molar-refractivity contribution in [1.82, 2.24) is 9.78 Å². The van der Waals surface area contributed by atoms with E-state index in [1.165, 1.54) is 18.3 Å². The number of hydrogen-bond acceptors (Lipinski definition) is 2. The number of benzene rings is 1. The van der Waals surface area contributed by atoms with Crippen LogP contribution in [0.25, 0.3) is 0 Å². The molecule has 0 saturated carbocycles. The maximum Gasteiger partial charge on any atom is 0.416 e. The molecule has 1 heterocycles. The molecule has 2 aromatic rings. The van der Waals surface area contributed by atoms with Crippen LogP contribution < -0.4 is 0 Å². The van der Waals surface area contributed by atoms with Gasteiger partial charge in [-0.3, -0.25) is 4.68 Å². The fraction of sp³-hybridized carbons (Fsp3) is 0.333. The van der Waals surface area contributed by atoms with Gasteiger partial charge in [-0.15, -0.1) is 0 Å². The molecule has 1 N–H and O–H groups in total. The van der Waals surface area contributed by atoms with Crippen molar-refractivity contribution in [2.45, 2.75) is 32.5 Å². The molecule has 0 atom stereocenters. The van der Waals surface area contributed by atoms with E-state index in [1.54, 1.807) is 4.68 Å². The zero-order chi connectivity index (χ0) is 16.3. The highest BCUT2D eigenvalue weighted by Gasteiger charge is 2.29. The molecule has 0 radical (unpaired) electrons. The topological polar surface area (TPSA) is 55.1 Å². The van der Waals surface area contributed by atoms with Crippen LogP contribution in [0.15, 0.2) is 30.5 Å². The molecule has 22 heavy (non-hydrogen) atoms. The quantitative estimate of drug-likeness (QED) is 0.920. The Kier molecular flexibility index (Phi) is 4.54. The number of carboxylic acids is 1. The van der Waals surface area contributed by atoms with Gasteiger partial charge in [0.2, 0.25) is 0 Å². The van der Waals surface area contributed by atoms with Crippen molar-refractivity contribution >= 4 is 5.97 Å². The summed E-state index contributed by atoms with van der Waals surface area (Å²) in [5.41, 5.74) is 0.734. The molecule has 0 amide bonds. The summed E-state index contributed by atoms with van der Waals surface area (Å²) in [6.45, 7) is 2.38. The molecule has 0 unspecified atom stereocenters. The number of aromatic nitrogens is 2. The molecule has 0 aliphatic rings. The van der Waals surface area contributed by atoms with Gasteiger partial charge in [-0.2, -0.15) is 18.3 Å². The Hall–Kier alpha value is -2.31. The SMILES string of the molecule is CCn1ncc(C(=O)O)c1CCc1ccc(C(F)(F)F)cc1. The molecule has 1 aromatic heterocycles. The Morgan fingerprint density at radius 3 is 2.36 bits per heavy atom. The fourth-order valence-electron chi connectivity index (χ4n) is 2.25. The van der Waals surface area contributed by atoms with Crippen molar-refractivity contribution in [1.29, 1.82) is 0 Å². The lowest BCUT2D eigenvalue weighted by molar-refractivity contribution is -0.137. The van der Waals surface area contributed by atoms with Crippen molar-refractivity contribution in [3.8, 4) is 0 Å². The largest absolute Gasteiger partial charge is 0.478 e. The second kappa shape index (κ2) is 6.21. The number of halogens is 3. The molecule has 7 heteroatoms. The van der Waals surface area contributed by atoms with Gasteiger partial charge >= 0.3 is 12.1 Å². The zero-order valence-electron chi connectivity index (χ0n) is 11.9. The van der Waals surface area contributed by atoms with Crippen LogP contribution in [-0.2, 0) is 25.6 Å². The second-order valence-corrected chi connectivity index (χ2v) is 4.82. The lowest BCUT2D eigenvalue weighted by Crippen LogP contribution is -2.09. The molecular weight excluding hydrogens is 297 g/mol. The van der Waals surface area contributed by atoms with Gasteiger partial charge < -0.3 is 5.11 Å². The molecule has 2 rings (SSSR count). The minimum Gasteiger partial charge on any atom is -0.478 e. The highest BCUT2D eigenvalue weighted by Crippen LogP contribution is 2.29. The second-order valence-electron chi connectivity index (χ2n) is 4.82. The third-order valence-electron chi connectivity index (χ3n) is 3.41. The maximum absolute atomic E-state index is 12.5. The summed E-state index contributed by atoms with van der Waals surface area (Å²) in [6.07, 6.45) is -2.20. The van der Waals surface area contributed by atoms with Crippen molar-refractivity contribution in [2.75, 3.05) is 0 Å². The van der Waals surface area contributed by atoms with E-state index in [-0.39, 0.29) is 5.56 Å². The van der Waals surface area contributed by atoms with Crippen LogP contribution in [0.4, 0.5) is 13.2 Å². The number of rotatable bonds is 5. The predicted molar refractivity (Wildman–Crippen MR) is 73.7 cm³/mol. The van der Waals surface area contributed by atoms with E-state index in [0.717, 1.165) is 12.1 Å². The summed E-state index contributed by atoms with van der Waals surface area (Å²) in [4.78, 5) is 11.1. The minimum atomic E-state index is -4.35. The first-order valence-corrected chi connectivity index (χ1v) is 6.77. The van der Waals surface area contributed by atoms with Crippen LogP contribution in [-0.4, -0.2) is 20.9 Å². The van der Waals surface area contributed by atoms with Gasteiger partial charge in [-0.25, -0.2) is 4.79 Å². The smallest absolute Gasteiger partial charge is 0.416 e. The molecule has 0 spiro atoms. The molecule has 1 aromatic carbocycles. The Labute approximate surface area is 125 Å². The highest BCUT2D eigenvalue weighted by molar-refractivity contribution is 5.88. The number of carboxylic acid groups (broad SMARTS) is 1. The van der Waals surface area contributed by atoms with Gasteiger partial charge in [0.15, 0.2) is 0 Å². The standard InChI is InChI=1S/C15H15F3N2O2/c1-2-20-13(12(9-19-20)14(21)22)8-5-10-3-6-11(7-4-10)15(16,17)18/h3-4,6-7,9H,2,5,8H2,1H3,(H,21,22). The first-order valence-electron chi connectivity index (χ1n) is 6.77. The average molecular weight is 312 g/mol. The van der Waals surface area contributed by atoms with Crippen molar-refractivity contribution < 1.29 is 23.1 Å². The van der Waals surface area contributed by atoms with Crippen LogP contribution in [0, 0.1) is 0 Å². The van der Waals surface area contributed by atoms with E-state index in [0.29, 0.717) is 30.6 Å². The fourth-order valence-corrected chi connectivity index (χ4v) is 2.25. The van der Waals surface area contributed by atoms with E-state index >= 15 is 0 Å². The zero-order valence-corrected chi connectivity index (χ0v) is 11.9. The van der Waals surface area contributed by atoms with Gasteiger partial charge in [0.05, 0.1) is 17.5 Å². The number of hydrogen-bond donors (Lipinski definition) is 1. The van der Waals surface area contributed by atoms with Crippen LogP contribution in [0.2, 0.25) is 0 Å². The summed E-state index contributed by atoms with van der Waals surface area (Å²) in [5.74, 6) is -1.05. The monoisotopic (exact) mass is 312 g/mol. The number of aryl methyl sites for hydroxylation is 2. The molecule has 0 saturated heterocycles. The van der Waals surface area contributed by atoms with E-state index < -0.39 is 17.7 Å². The Morgan fingerprint density at radius 2 is 1.86 bits per heavy atom. The Bertz CT molecular complexity index is 660. The van der Waals surface area contributed by atoms with E-state index in [1.807, 2.05) is 6.92 Å². The lowest BCUT2D eigenvalue weighted by Gasteiger charge is -2.09. The minimum absolute atomic E-state index is 0.133. The van der Waals surface area contributed by atoms with Gasteiger partial charge in [0.25, 0.3) is 0 Å². The molecule has 4 nitrogen and oxygen atoms in total. The van der Waals surface area contributed by atoms with E-state index in [2.05, 4.69) is 5.10 Å². The van der Waals surface area contributed by atoms with Gasteiger partial charge in [0, 0.05) is 6.54 Å². The average Bonchev–Trinajstić information content (AvgIpc) is 2.87. The van der Waals surface area contributed by atoms with Crippen molar-refractivity contribution in [2.24, 2.45) is 0 Å². The summed E-state index contributed by atoms with van der Waals surface area (Å²) in [6, 6.07) is 4.89. The molecular formula is C15H15F3N2O2. The molecule has 0 bridgehead atoms. The number of carbonyl (C=O) groups is 1. The van der Waals surface area contributed by atoms with Gasteiger partial charge in [0.1, 0.15) is 5.56 Å². The third-order valence-corrected chi connectivity index (χ3v) is 3.41. The van der Waals surface area contributed by atoms with E-state index in [9.17, 15) is 18.0 Å². The van der Waals surface area contributed by atoms with Crippen molar-refractivity contribution in [3.05, 3.63) is 52.8 Å². The Balaban J connectivity index is 2.13. The van der Waals surface area contributed by atoms with Crippen LogP contribution in [0.1, 0.15) is 34.1 Å². The van der Waals surface area contributed by atoms with Gasteiger partial charge in [-0.1, -0.05) is 12.1 Å². The van der Waals surface area contributed by atoms with Gasteiger partial charge in [-0.05, 0) is 37.5 Å². The van der Waals surface area contributed by atoms with Crippen LogP contribution in [0.5, 0.6) is 0 Å². The highest BCUT2D eigenvalue weighted by atomic mass is 19.4. The summed E-state index contributed by atoms with van der Waals surface area (Å²) >= 11 is 0. The van der Waals surface area contributed by atoms with Crippen LogP contribution >= 0.6 is 0 Å². The normalized spacial score (nSPS) is 11.6. The summed E-state index contributed by atoms with van der Waals surface area (Å²) in [5, 5.41) is 13.1.